The number of anilines is 2. The fraction of sp³-hybridized carbons (Fsp3) is 0.231. The van der Waals surface area contributed by atoms with Gasteiger partial charge in [-0.3, -0.25) is 28.8 Å². The van der Waals surface area contributed by atoms with E-state index in [0.29, 0.717) is 22.6 Å². The Kier molecular flexibility index (Phi) is 23.1. The van der Waals surface area contributed by atoms with Crippen molar-refractivity contribution in [1.29, 1.82) is 0 Å². The number of benzene rings is 6. The van der Waals surface area contributed by atoms with Crippen LogP contribution < -0.4 is 10.6 Å². The first-order valence-corrected chi connectivity index (χ1v) is 21.5. The molecule has 2 unspecified atom stereocenters. The van der Waals surface area contributed by atoms with Crippen molar-refractivity contribution in [2.45, 2.75) is 81.3 Å². The molecule has 0 saturated heterocycles. The number of para-hydroxylation sites is 2. The quantitative estimate of drug-likeness (QED) is 0.102. The molecule has 64 heavy (non-hydrogen) atoms. The molecule has 12 heteroatoms. The summed E-state index contributed by atoms with van der Waals surface area (Å²) in [5.74, 6) is -2.64. The van der Waals surface area contributed by atoms with Crippen LogP contribution in [0.15, 0.2) is 166 Å². The number of fused-ring (bicyclic) bond motifs is 3. The van der Waals surface area contributed by atoms with Crippen LogP contribution in [0.5, 0.6) is 0 Å². The number of ketones is 4. The van der Waals surface area contributed by atoms with Crippen LogP contribution >= 0.6 is 0 Å². The molecule has 1 aliphatic rings. The maximum Gasteiger partial charge on any atom is 0.258 e. The standard InChI is InChI=1S/C24H17N3O4.C20H17N3O2.4C2H6/c1-14(28)21(24(31)25-15-8-3-2-4-9-15)27-26-19-13-7-12-18-20(19)23(30)17-11-6-5-10-16(17)22(18)29;1-14(24)19(20(25)21-17-9-3-2-4-10-17)23-22-18-12-11-15-7-5-6-8-16(15)13-18;4*1-2/h2-13,21H,1H3,(H,25,31);2-13,19H,1H3,(H,21,25);4*1-2H3. The van der Waals surface area contributed by atoms with E-state index in [-0.39, 0.29) is 39.7 Å². The average molecular weight is 863 g/mol. The molecule has 2 N–H and O–H groups in total. The van der Waals surface area contributed by atoms with Crippen LogP contribution in [0.3, 0.4) is 0 Å². The summed E-state index contributed by atoms with van der Waals surface area (Å²) < 4.78 is 0. The summed E-state index contributed by atoms with van der Waals surface area (Å²) >= 11 is 0. The van der Waals surface area contributed by atoms with Crippen molar-refractivity contribution in [3.8, 4) is 0 Å². The molecule has 0 spiro atoms. The number of Topliss-reactive ketones (excluding diaryl/α,β-unsaturated/α-hetero) is 2. The SMILES string of the molecule is CC.CC.CC.CC.CC(=O)C(N=Nc1ccc2ccccc2c1)C(=O)Nc1ccccc1.CC(=O)C(N=Nc1cccc2c1C(=O)c1ccccc1C2=O)C(=O)Nc1ccccc1. The molecule has 0 bridgehead atoms. The number of nitrogens with zero attached hydrogens (tertiary/aromatic N) is 4. The Morgan fingerprint density at radius 3 is 1.36 bits per heavy atom. The second-order valence-corrected chi connectivity index (χ2v) is 12.6. The smallest absolute Gasteiger partial charge is 0.258 e. The Morgan fingerprint density at radius 1 is 0.438 bits per heavy atom. The Morgan fingerprint density at radius 2 is 0.859 bits per heavy atom. The van der Waals surface area contributed by atoms with Gasteiger partial charge >= 0.3 is 0 Å². The van der Waals surface area contributed by atoms with Gasteiger partial charge in [0.2, 0.25) is 12.1 Å². The van der Waals surface area contributed by atoms with Crippen molar-refractivity contribution in [2.24, 2.45) is 20.5 Å². The fourth-order valence-corrected chi connectivity index (χ4v) is 5.79. The summed E-state index contributed by atoms with van der Waals surface area (Å²) in [6.07, 6.45) is 0. The molecule has 0 aliphatic heterocycles. The van der Waals surface area contributed by atoms with Gasteiger partial charge in [-0.05, 0) is 67.1 Å². The van der Waals surface area contributed by atoms with Crippen LogP contribution in [0, 0.1) is 0 Å². The molecule has 2 amide bonds. The number of carbonyl (C=O) groups is 6. The summed E-state index contributed by atoms with van der Waals surface area (Å²) in [6, 6.07) is 39.7. The predicted molar refractivity (Wildman–Crippen MR) is 257 cm³/mol. The monoisotopic (exact) mass is 862 g/mol. The summed E-state index contributed by atoms with van der Waals surface area (Å²) in [5, 5.41) is 23.4. The molecular formula is C52H58N6O6. The maximum absolute atomic E-state index is 13.0. The third-order valence-corrected chi connectivity index (χ3v) is 8.58. The zero-order valence-corrected chi connectivity index (χ0v) is 38.2. The van der Waals surface area contributed by atoms with E-state index < -0.39 is 29.7 Å². The van der Waals surface area contributed by atoms with Gasteiger partial charge in [0.25, 0.3) is 11.8 Å². The molecule has 6 aromatic carbocycles. The largest absolute Gasteiger partial charge is 0.324 e. The Labute approximate surface area is 376 Å². The van der Waals surface area contributed by atoms with E-state index in [2.05, 4.69) is 31.1 Å². The summed E-state index contributed by atoms with van der Waals surface area (Å²) in [6.45, 7) is 18.6. The number of nitrogens with one attached hydrogen (secondary N) is 2. The van der Waals surface area contributed by atoms with Crippen LogP contribution in [0.1, 0.15) is 101 Å². The van der Waals surface area contributed by atoms with Gasteiger partial charge in [0.1, 0.15) is 0 Å². The van der Waals surface area contributed by atoms with Crippen molar-refractivity contribution in [3.63, 3.8) is 0 Å². The molecule has 0 heterocycles. The van der Waals surface area contributed by atoms with Crippen molar-refractivity contribution in [2.75, 3.05) is 10.6 Å². The number of rotatable bonds is 10. The lowest BCUT2D eigenvalue weighted by molar-refractivity contribution is -0.127. The third-order valence-electron chi connectivity index (χ3n) is 8.58. The van der Waals surface area contributed by atoms with Gasteiger partial charge < -0.3 is 10.6 Å². The molecule has 0 aromatic heterocycles. The molecule has 0 saturated carbocycles. The minimum Gasteiger partial charge on any atom is -0.324 e. The zero-order valence-electron chi connectivity index (χ0n) is 38.2. The first kappa shape index (κ1) is 52.5. The van der Waals surface area contributed by atoms with Gasteiger partial charge in [-0.1, -0.05) is 159 Å². The van der Waals surface area contributed by atoms with Gasteiger partial charge in [0, 0.05) is 28.1 Å². The van der Waals surface area contributed by atoms with Crippen LogP contribution in [0.2, 0.25) is 0 Å². The highest BCUT2D eigenvalue weighted by Gasteiger charge is 2.32. The first-order valence-electron chi connectivity index (χ1n) is 21.5. The van der Waals surface area contributed by atoms with Crippen molar-refractivity contribution in [1.82, 2.24) is 0 Å². The lowest BCUT2D eigenvalue weighted by atomic mass is 9.83. The lowest BCUT2D eigenvalue weighted by Crippen LogP contribution is -2.31. The Balaban J connectivity index is 0.000000387. The average Bonchev–Trinajstić information content (AvgIpc) is 3.34. The van der Waals surface area contributed by atoms with Crippen molar-refractivity contribution >= 4 is 68.5 Å². The second-order valence-electron chi connectivity index (χ2n) is 12.6. The van der Waals surface area contributed by atoms with E-state index in [1.807, 2.05) is 97.9 Å². The van der Waals surface area contributed by atoms with Gasteiger partial charge in [-0.15, -0.1) is 0 Å². The molecule has 0 radical (unpaired) electrons. The Bertz CT molecular complexity index is 2540. The van der Waals surface area contributed by atoms with Crippen LogP contribution in [-0.4, -0.2) is 47.0 Å². The minimum atomic E-state index is -1.39. The van der Waals surface area contributed by atoms with Crippen molar-refractivity contribution in [3.05, 3.63) is 168 Å². The Hall–Kier alpha value is -7.60. The van der Waals surface area contributed by atoms with E-state index in [1.54, 1.807) is 97.1 Å². The van der Waals surface area contributed by atoms with Crippen molar-refractivity contribution < 1.29 is 28.8 Å². The topological polar surface area (TPSA) is 176 Å². The highest BCUT2D eigenvalue weighted by Crippen LogP contribution is 2.33. The molecule has 7 rings (SSSR count). The van der Waals surface area contributed by atoms with E-state index >= 15 is 0 Å². The normalized spacial score (nSPS) is 11.7. The summed E-state index contributed by atoms with van der Waals surface area (Å²) in [7, 11) is 0. The second kappa shape index (κ2) is 28.1. The van der Waals surface area contributed by atoms with Crippen LogP contribution in [0.4, 0.5) is 22.7 Å². The van der Waals surface area contributed by atoms with Gasteiger partial charge in [-0.25, -0.2) is 0 Å². The number of hydrogen-bond acceptors (Lipinski definition) is 10. The maximum atomic E-state index is 13.0. The highest BCUT2D eigenvalue weighted by atomic mass is 16.2. The number of hydrogen-bond donors (Lipinski definition) is 2. The lowest BCUT2D eigenvalue weighted by Gasteiger charge is -2.18. The molecular weight excluding hydrogens is 805 g/mol. The van der Waals surface area contributed by atoms with E-state index in [4.69, 9.17) is 0 Å². The van der Waals surface area contributed by atoms with Gasteiger partial charge in [-0.2, -0.15) is 20.5 Å². The summed E-state index contributed by atoms with van der Waals surface area (Å²) in [4.78, 5) is 74.5. The number of amides is 2. The van der Waals surface area contributed by atoms with Gasteiger partial charge in [0.15, 0.2) is 23.1 Å². The van der Waals surface area contributed by atoms with E-state index in [0.717, 1.165) is 10.8 Å². The minimum absolute atomic E-state index is 0.112. The molecule has 332 valence electrons. The van der Waals surface area contributed by atoms with E-state index in [1.165, 1.54) is 19.9 Å². The molecule has 6 aromatic rings. The number of azo groups is 2. The highest BCUT2D eigenvalue weighted by molar-refractivity contribution is 6.30. The zero-order chi connectivity index (χ0) is 47.6. The predicted octanol–water partition coefficient (Wildman–Crippen LogP) is 12.8. The summed E-state index contributed by atoms with van der Waals surface area (Å²) in [5.41, 5.74) is 2.80. The van der Waals surface area contributed by atoms with Gasteiger partial charge in [0.05, 0.1) is 16.9 Å². The fourth-order valence-electron chi connectivity index (χ4n) is 5.79. The van der Waals surface area contributed by atoms with E-state index in [9.17, 15) is 28.8 Å². The number of carbonyl (C=O) groups excluding carboxylic acids is 6. The van der Waals surface area contributed by atoms with Crippen LogP contribution in [0.25, 0.3) is 10.8 Å². The third kappa shape index (κ3) is 14.5. The first-order chi connectivity index (χ1) is 31.1. The molecule has 0 fully saturated rings. The molecule has 2 atom stereocenters. The van der Waals surface area contributed by atoms with Crippen LogP contribution in [-0.2, 0) is 19.2 Å². The molecule has 12 nitrogen and oxygen atoms in total. The molecule has 1 aliphatic carbocycles.